The zero-order valence-electron chi connectivity index (χ0n) is 75.3. The van der Waals surface area contributed by atoms with E-state index in [0.717, 1.165) is 25.7 Å². The third-order valence-corrected chi connectivity index (χ3v) is 32.8. The molecule has 2 heteroatoms. The Kier molecular flexibility index (Phi) is 23.3. The maximum absolute atomic E-state index is 2.67. The van der Waals surface area contributed by atoms with Gasteiger partial charge in [0.15, 0.2) is 0 Å². The monoisotopic (exact) mass is 1630 g/mol. The fourth-order valence-electron chi connectivity index (χ4n) is 25.9. The Labute approximate surface area is 744 Å². The summed E-state index contributed by atoms with van der Waals surface area (Å²) < 4.78 is 0. The van der Waals surface area contributed by atoms with Crippen LogP contribution < -0.4 is 9.80 Å². The molecule has 6 fully saturated rings. The summed E-state index contributed by atoms with van der Waals surface area (Å²) in [6.45, 7) is 9.69. The van der Waals surface area contributed by atoms with Crippen LogP contribution in [0.5, 0.6) is 0 Å². The van der Waals surface area contributed by atoms with E-state index in [1.165, 1.54) is 358 Å². The summed E-state index contributed by atoms with van der Waals surface area (Å²) in [5, 5.41) is 0. The minimum Gasteiger partial charge on any atom is -0.310 e. The van der Waals surface area contributed by atoms with Gasteiger partial charge < -0.3 is 9.80 Å². The molecule has 0 bridgehead atoms. The largest absolute Gasteiger partial charge is 0.310 e. The molecular weight excluding hydrogens is 1490 g/mol. The van der Waals surface area contributed by atoms with Gasteiger partial charge in [0.2, 0.25) is 0 Å². The molecule has 0 unspecified atom stereocenters. The Hall–Kier alpha value is -9.76. The van der Waals surface area contributed by atoms with Gasteiger partial charge in [0, 0.05) is 39.3 Å². The van der Waals surface area contributed by atoms with Crippen LogP contribution in [0.2, 0.25) is 0 Å². The van der Waals surface area contributed by atoms with Gasteiger partial charge >= 0.3 is 0 Å². The number of rotatable bonds is 16. The van der Waals surface area contributed by atoms with Crippen molar-refractivity contribution in [2.75, 3.05) is 9.80 Å². The molecule has 124 heavy (non-hydrogen) atoms. The van der Waals surface area contributed by atoms with Gasteiger partial charge in [0.05, 0.1) is 5.69 Å². The first-order valence-electron chi connectivity index (χ1n) is 50.1. The molecule has 0 spiro atoms. The number of hydrogen-bond acceptors (Lipinski definition) is 2. The second-order valence-electron chi connectivity index (χ2n) is 41.2. The van der Waals surface area contributed by atoms with Gasteiger partial charge in [-0.1, -0.05) is 313 Å². The number of benzene rings is 12. The van der Waals surface area contributed by atoms with E-state index in [1.807, 2.05) is 0 Å². The molecule has 0 aliphatic heterocycles. The van der Waals surface area contributed by atoms with Crippen LogP contribution in [0.15, 0.2) is 243 Å². The topological polar surface area (TPSA) is 6.48 Å². The second-order valence-corrected chi connectivity index (χ2v) is 41.2. The van der Waals surface area contributed by atoms with Crippen molar-refractivity contribution in [3.63, 3.8) is 0 Å². The Morgan fingerprint density at radius 1 is 0.202 bits per heavy atom. The van der Waals surface area contributed by atoms with E-state index in [-0.39, 0.29) is 10.8 Å². The summed E-state index contributed by atoms with van der Waals surface area (Å²) in [5.74, 6) is 4.15. The first-order chi connectivity index (χ1) is 61.0. The molecule has 6 saturated carbocycles. The first kappa shape index (κ1) is 81.3. The SMILES string of the molecule is CC1(C)c2ccccc2-c2ccc(N(c3cccc(C4CCCCC4)c3)c3cc(-c4cccc(-c5cc(C6CCCCC6)cc(C6CCCCC6)c5)c4)cc4c3CCCC4)cc21.CC1(C)c2ccccc2-c2ccc(N(c3cccc(C4CCCCC4)c3)c3ccc(-c4cccc(-c5cc(C6CCCCC6)cc(C6CCCCC6)c5)c4)c4c3CCCC4)cc21. The van der Waals surface area contributed by atoms with Crippen molar-refractivity contribution in [3.05, 3.63) is 321 Å². The fourth-order valence-corrected chi connectivity index (χ4v) is 25.9. The lowest BCUT2D eigenvalue weighted by Gasteiger charge is -2.33. The molecular formula is C122H134N2. The molecule has 0 amide bonds. The summed E-state index contributed by atoms with van der Waals surface area (Å²) in [6.07, 6.45) is 50.4. The highest BCUT2D eigenvalue weighted by molar-refractivity contribution is 5.91. The minimum atomic E-state index is -0.0651. The summed E-state index contributed by atoms with van der Waals surface area (Å²) in [4.78, 5) is 5.33. The number of nitrogens with zero attached hydrogens (tertiary/aromatic N) is 2. The van der Waals surface area contributed by atoms with Crippen molar-refractivity contribution in [2.24, 2.45) is 0 Å². The van der Waals surface area contributed by atoms with Crippen molar-refractivity contribution in [3.8, 4) is 66.8 Å². The van der Waals surface area contributed by atoms with Crippen LogP contribution in [0.3, 0.4) is 0 Å². The molecule has 22 rings (SSSR count). The van der Waals surface area contributed by atoms with Gasteiger partial charge in [0.1, 0.15) is 0 Å². The maximum atomic E-state index is 2.67. The van der Waals surface area contributed by atoms with E-state index in [0.29, 0.717) is 35.5 Å². The Bertz CT molecular complexity index is 5790. The van der Waals surface area contributed by atoms with Crippen LogP contribution in [0.1, 0.15) is 359 Å². The molecule has 12 aromatic rings. The third kappa shape index (κ3) is 16.2. The second kappa shape index (κ2) is 35.6. The van der Waals surface area contributed by atoms with Crippen molar-refractivity contribution in [1.82, 2.24) is 0 Å². The predicted octanol–water partition coefficient (Wildman–Crippen LogP) is 35.6. The summed E-state index contributed by atoms with van der Waals surface area (Å²) in [6, 6.07) is 97.5. The molecule has 0 saturated heterocycles. The molecule has 10 aliphatic carbocycles. The van der Waals surface area contributed by atoms with Gasteiger partial charge in [-0.25, -0.2) is 0 Å². The van der Waals surface area contributed by atoms with E-state index < -0.39 is 0 Å². The van der Waals surface area contributed by atoms with Crippen molar-refractivity contribution in [2.45, 2.75) is 318 Å². The molecule has 0 atom stereocenters. The van der Waals surface area contributed by atoms with Crippen molar-refractivity contribution >= 4 is 34.1 Å². The van der Waals surface area contributed by atoms with E-state index in [4.69, 9.17) is 0 Å². The van der Waals surface area contributed by atoms with Crippen LogP contribution >= 0.6 is 0 Å². The molecule has 12 aromatic carbocycles. The van der Waals surface area contributed by atoms with E-state index >= 15 is 0 Å². The van der Waals surface area contributed by atoms with Gasteiger partial charge in [0.25, 0.3) is 0 Å². The average Bonchev–Trinajstić information content (AvgIpc) is 1.55. The van der Waals surface area contributed by atoms with Crippen LogP contribution in [-0.4, -0.2) is 0 Å². The highest BCUT2D eigenvalue weighted by Crippen LogP contribution is 2.56. The van der Waals surface area contributed by atoms with Gasteiger partial charge in [-0.3, -0.25) is 0 Å². The highest BCUT2D eigenvalue weighted by Gasteiger charge is 2.39. The first-order valence-corrected chi connectivity index (χ1v) is 50.1. The van der Waals surface area contributed by atoms with E-state index in [9.17, 15) is 0 Å². The predicted molar refractivity (Wildman–Crippen MR) is 527 cm³/mol. The highest BCUT2D eigenvalue weighted by atomic mass is 15.2. The molecule has 0 aromatic heterocycles. The Morgan fingerprint density at radius 3 is 0.984 bits per heavy atom. The molecule has 632 valence electrons. The lowest BCUT2D eigenvalue weighted by atomic mass is 9.78. The van der Waals surface area contributed by atoms with Crippen LogP contribution in [0, 0.1) is 0 Å². The number of anilines is 6. The van der Waals surface area contributed by atoms with Crippen molar-refractivity contribution in [1.29, 1.82) is 0 Å². The number of fused-ring (bicyclic) bond motifs is 8. The molecule has 0 radical (unpaired) electrons. The summed E-state index contributed by atoms with van der Waals surface area (Å²) in [7, 11) is 0. The maximum Gasteiger partial charge on any atom is 0.0502 e. The van der Waals surface area contributed by atoms with Gasteiger partial charge in [-0.2, -0.15) is 0 Å². The van der Waals surface area contributed by atoms with Gasteiger partial charge in [-0.15, -0.1) is 0 Å². The zero-order valence-corrected chi connectivity index (χ0v) is 75.3. The summed E-state index contributed by atoms with van der Waals surface area (Å²) >= 11 is 0. The standard InChI is InChI=1S/2C61H67N/c1-61(2)58-31-15-14-29-55(58)56-33-32-52(41-59(56)61)62(51-27-17-25-46(40-51)42-18-6-3-7-19-42)60-35-34-53(54-28-12-13-30-57(54)60)47-26-16-24-45(36-47)50-38-48(43-20-8-4-9-21-43)37-49(39-50)44-22-10-5-11-23-44;1-61(2)58-31-15-14-30-56(58)57-33-32-54(41-59(57)61)62(53-28-17-27-47(39-53)42-18-6-3-7-19-42)60-40-52(35-48-24-12-13-29-55(48)60)46-26-16-25-45(34-46)51-37-49(43-20-8-4-9-21-43)36-50(38-51)44-22-10-5-11-23-44/h14-17,24-27,29,31-44H,3-13,18-23,28,30H2,1-2H3;14-17,25-28,30-44H,3-13,18-24,29H2,1-2H3. The lowest BCUT2D eigenvalue weighted by molar-refractivity contribution is 0.435. The van der Waals surface area contributed by atoms with Gasteiger partial charge in [-0.05, 0) is 381 Å². The molecule has 10 aliphatic rings. The number of hydrogen-bond donors (Lipinski definition) is 0. The fraction of sp³-hybridized carbons (Fsp3) is 0.410. The van der Waals surface area contributed by atoms with Crippen LogP contribution in [0.25, 0.3) is 66.8 Å². The third-order valence-electron chi connectivity index (χ3n) is 32.8. The van der Waals surface area contributed by atoms with Crippen LogP contribution in [-0.2, 0) is 36.5 Å². The normalized spacial score (nSPS) is 19.1. The lowest BCUT2D eigenvalue weighted by Crippen LogP contribution is -2.18. The van der Waals surface area contributed by atoms with E-state index in [1.54, 1.807) is 38.9 Å². The smallest absolute Gasteiger partial charge is 0.0502 e. The quantitative estimate of drug-likeness (QED) is 0.0951. The molecule has 0 heterocycles. The van der Waals surface area contributed by atoms with E-state index in [2.05, 4.69) is 280 Å². The molecule has 0 N–H and O–H groups in total. The van der Waals surface area contributed by atoms with Crippen molar-refractivity contribution < 1.29 is 0 Å². The Morgan fingerprint density at radius 2 is 0.540 bits per heavy atom. The summed E-state index contributed by atoms with van der Waals surface area (Å²) in [5.41, 5.74) is 45.8. The van der Waals surface area contributed by atoms with Crippen LogP contribution in [0.4, 0.5) is 34.1 Å². The minimum absolute atomic E-state index is 0.0566. The number of aryl methyl sites for hydroxylation is 1. The molecule has 2 nitrogen and oxygen atoms in total. The average molecular weight is 1630 g/mol. The Balaban J connectivity index is 0.000000152. The zero-order chi connectivity index (χ0) is 83.2.